The second-order valence-electron chi connectivity index (χ2n) is 3.66. The first-order valence-corrected chi connectivity index (χ1v) is 6.67. The van der Waals surface area contributed by atoms with Gasteiger partial charge in [0.2, 0.25) is 0 Å². The zero-order valence-electron chi connectivity index (χ0n) is 10.1. The highest BCUT2D eigenvalue weighted by molar-refractivity contribution is 9.10. The smallest absolute Gasteiger partial charge is 0.360 e. The number of nitrogen functional groups attached to an aromatic ring is 1. The number of carbonyl (C=O) groups excluding carboxylic acids is 1. The van der Waals surface area contributed by atoms with E-state index in [1.165, 1.54) is 6.33 Å². The molecule has 19 heavy (non-hydrogen) atoms. The van der Waals surface area contributed by atoms with Crippen molar-refractivity contribution in [1.82, 2.24) is 9.55 Å². The maximum absolute atomic E-state index is 11.6. The molecule has 0 unspecified atom stereocenters. The monoisotopic (exact) mass is 343 g/mol. The minimum absolute atomic E-state index is 0.0814. The molecule has 5 nitrogen and oxygen atoms in total. The number of benzene rings is 1. The van der Waals surface area contributed by atoms with Crippen LogP contribution in [0.2, 0.25) is 5.02 Å². The van der Waals surface area contributed by atoms with Crippen LogP contribution in [0.25, 0.3) is 5.69 Å². The number of nitrogens with zero attached hydrogens (tertiary/aromatic N) is 2. The molecule has 0 atom stereocenters. The standard InChI is InChI=1S/C12H11BrClN3O2/c1-2-19-12(18)10-11(15)17(6-16-10)9-5-7(13)3-4-8(9)14/h3-6H,2,15H2,1H3. The Hall–Kier alpha value is -1.53. The number of imidazole rings is 1. The summed E-state index contributed by atoms with van der Waals surface area (Å²) < 4.78 is 7.26. The quantitative estimate of drug-likeness (QED) is 0.869. The molecule has 0 aliphatic heterocycles. The van der Waals surface area contributed by atoms with Gasteiger partial charge in [0.25, 0.3) is 0 Å². The molecule has 7 heteroatoms. The first kappa shape index (κ1) is 13.9. The molecular weight excluding hydrogens is 334 g/mol. The van der Waals surface area contributed by atoms with Gasteiger partial charge in [0, 0.05) is 4.47 Å². The lowest BCUT2D eigenvalue weighted by atomic mass is 10.3. The molecule has 2 N–H and O–H groups in total. The lowest BCUT2D eigenvalue weighted by molar-refractivity contribution is 0.0521. The molecule has 0 spiro atoms. The van der Waals surface area contributed by atoms with Crippen LogP contribution >= 0.6 is 27.5 Å². The van der Waals surface area contributed by atoms with E-state index < -0.39 is 5.97 Å². The van der Waals surface area contributed by atoms with Crippen LogP contribution in [-0.4, -0.2) is 22.1 Å². The molecule has 100 valence electrons. The second kappa shape index (κ2) is 5.63. The van der Waals surface area contributed by atoms with Crippen molar-refractivity contribution in [3.05, 3.63) is 39.7 Å². The van der Waals surface area contributed by atoms with Gasteiger partial charge in [-0.25, -0.2) is 9.78 Å². The summed E-state index contributed by atoms with van der Waals surface area (Å²) in [6.07, 6.45) is 1.44. The molecule has 2 rings (SSSR count). The molecule has 1 aromatic carbocycles. The number of carbonyl (C=O) groups is 1. The Kier molecular flexibility index (Phi) is 4.11. The van der Waals surface area contributed by atoms with Crippen molar-refractivity contribution in [3.63, 3.8) is 0 Å². The third-order valence-electron chi connectivity index (χ3n) is 2.44. The van der Waals surface area contributed by atoms with E-state index in [0.717, 1.165) is 4.47 Å². The number of hydrogen-bond donors (Lipinski definition) is 1. The molecule has 0 bridgehead atoms. The zero-order valence-corrected chi connectivity index (χ0v) is 12.4. The molecule has 1 heterocycles. The van der Waals surface area contributed by atoms with Crippen molar-refractivity contribution in [1.29, 1.82) is 0 Å². The highest BCUT2D eigenvalue weighted by Crippen LogP contribution is 2.27. The summed E-state index contributed by atoms with van der Waals surface area (Å²) in [7, 11) is 0. The highest BCUT2D eigenvalue weighted by atomic mass is 79.9. The average Bonchev–Trinajstić information content (AvgIpc) is 2.74. The van der Waals surface area contributed by atoms with Crippen LogP contribution < -0.4 is 5.73 Å². The summed E-state index contributed by atoms with van der Waals surface area (Å²) in [5.41, 5.74) is 6.63. The van der Waals surface area contributed by atoms with Gasteiger partial charge < -0.3 is 10.5 Å². The molecule has 0 radical (unpaired) electrons. The molecular formula is C12H11BrClN3O2. The van der Waals surface area contributed by atoms with Gasteiger partial charge in [0.05, 0.1) is 17.3 Å². The third-order valence-corrected chi connectivity index (χ3v) is 3.25. The third kappa shape index (κ3) is 2.74. The van der Waals surface area contributed by atoms with E-state index in [4.69, 9.17) is 22.1 Å². The number of rotatable bonds is 3. The number of ether oxygens (including phenoxy) is 1. The molecule has 0 fully saturated rings. The summed E-state index contributed by atoms with van der Waals surface area (Å²) in [6.45, 7) is 1.99. The van der Waals surface area contributed by atoms with Gasteiger partial charge in [-0.3, -0.25) is 4.57 Å². The van der Waals surface area contributed by atoms with Gasteiger partial charge >= 0.3 is 5.97 Å². The Morgan fingerprint density at radius 3 is 3.00 bits per heavy atom. The lowest BCUT2D eigenvalue weighted by Crippen LogP contribution is -2.09. The predicted octanol–water partition coefficient (Wildman–Crippen LogP) is 3.05. The molecule has 0 aliphatic carbocycles. The van der Waals surface area contributed by atoms with Crippen LogP contribution in [0.3, 0.4) is 0 Å². The van der Waals surface area contributed by atoms with Crippen LogP contribution in [0.5, 0.6) is 0 Å². The first-order valence-electron chi connectivity index (χ1n) is 5.50. The van der Waals surface area contributed by atoms with Crippen LogP contribution in [0.1, 0.15) is 17.4 Å². The van der Waals surface area contributed by atoms with Crippen molar-refractivity contribution in [2.75, 3.05) is 12.3 Å². The van der Waals surface area contributed by atoms with Crippen molar-refractivity contribution >= 4 is 39.3 Å². The Morgan fingerprint density at radius 2 is 2.32 bits per heavy atom. The number of hydrogen-bond acceptors (Lipinski definition) is 4. The zero-order chi connectivity index (χ0) is 14.0. The summed E-state index contributed by atoms with van der Waals surface area (Å²) in [4.78, 5) is 15.6. The maximum atomic E-state index is 11.6. The molecule has 0 aliphatic rings. The summed E-state index contributed by atoms with van der Waals surface area (Å²) in [6, 6.07) is 5.32. The summed E-state index contributed by atoms with van der Waals surface area (Å²) in [5.74, 6) is -0.358. The van der Waals surface area contributed by atoms with Crippen molar-refractivity contribution in [3.8, 4) is 5.69 Å². The molecule has 2 aromatic rings. The van der Waals surface area contributed by atoms with Crippen LogP contribution in [-0.2, 0) is 4.74 Å². The van der Waals surface area contributed by atoms with E-state index in [9.17, 15) is 4.79 Å². The highest BCUT2D eigenvalue weighted by Gasteiger charge is 2.18. The predicted molar refractivity (Wildman–Crippen MR) is 76.6 cm³/mol. The van der Waals surface area contributed by atoms with Gasteiger partial charge in [-0.05, 0) is 25.1 Å². The topological polar surface area (TPSA) is 70.1 Å². The molecule has 0 saturated heterocycles. The van der Waals surface area contributed by atoms with Crippen LogP contribution in [0, 0.1) is 0 Å². The minimum Gasteiger partial charge on any atom is -0.461 e. The van der Waals surface area contributed by atoms with Crippen molar-refractivity contribution in [2.45, 2.75) is 6.92 Å². The Balaban J connectivity index is 2.47. The SMILES string of the molecule is CCOC(=O)c1ncn(-c2cc(Br)ccc2Cl)c1N. The first-order chi connectivity index (χ1) is 9.04. The molecule has 0 saturated carbocycles. The number of aromatic nitrogens is 2. The van der Waals surface area contributed by atoms with E-state index in [-0.39, 0.29) is 18.1 Å². The Labute approximate surface area is 123 Å². The van der Waals surface area contributed by atoms with Crippen LogP contribution in [0.15, 0.2) is 29.0 Å². The van der Waals surface area contributed by atoms with Gasteiger partial charge in [-0.2, -0.15) is 0 Å². The molecule has 1 aromatic heterocycles. The largest absolute Gasteiger partial charge is 0.461 e. The minimum atomic E-state index is -0.551. The van der Waals surface area contributed by atoms with Gasteiger partial charge in [0.15, 0.2) is 5.69 Å². The van der Waals surface area contributed by atoms with Gasteiger partial charge in [-0.1, -0.05) is 27.5 Å². The van der Waals surface area contributed by atoms with Crippen LogP contribution in [0.4, 0.5) is 5.82 Å². The second-order valence-corrected chi connectivity index (χ2v) is 4.99. The fourth-order valence-corrected chi connectivity index (χ4v) is 2.13. The van der Waals surface area contributed by atoms with E-state index >= 15 is 0 Å². The molecule has 0 amide bonds. The fourth-order valence-electron chi connectivity index (χ4n) is 1.58. The van der Waals surface area contributed by atoms with Crippen molar-refractivity contribution < 1.29 is 9.53 Å². The Bertz CT molecular complexity index is 627. The lowest BCUT2D eigenvalue weighted by Gasteiger charge is -2.08. The maximum Gasteiger partial charge on any atom is 0.360 e. The summed E-state index contributed by atoms with van der Waals surface area (Å²) >= 11 is 9.47. The number of anilines is 1. The van der Waals surface area contributed by atoms with Gasteiger partial charge in [0.1, 0.15) is 12.1 Å². The van der Waals surface area contributed by atoms with E-state index in [2.05, 4.69) is 20.9 Å². The Morgan fingerprint density at radius 1 is 1.58 bits per heavy atom. The van der Waals surface area contributed by atoms with E-state index in [1.54, 1.807) is 23.6 Å². The normalized spacial score (nSPS) is 10.5. The number of halogens is 2. The van der Waals surface area contributed by atoms with E-state index in [0.29, 0.717) is 10.7 Å². The fraction of sp³-hybridized carbons (Fsp3) is 0.167. The van der Waals surface area contributed by atoms with Crippen molar-refractivity contribution in [2.24, 2.45) is 0 Å². The summed E-state index contributed by atoms with van der Waals surface area (Å²) in [5, 5.41) is 0.503. The number of esters is 1. The average molecular weight is 345 g/mol. The van der Waals surface area contributed by atoms with Gasteiger partial charge in [-0.15, -0.1) is 0 Å². The van der Waals surface area contributed by atoms with E-state index in [1.807, 2.05) is 6.07 Å². The number of nitrogens with two attached hydrogens (primary N) is 1.